The Morgan fingerprint density at radius 1 is 2.00 bits per heavy atom. The van der Waals surface area contributed by atoms with Gasteiger partial charge < -0.3 is 4.84 Å². The first kappa shape index (κ1) is 7.17. The smallest absolute Gasteiger partial charge is 0.200 e. The Hall–Kier alpha value is -0.830. The van der Waals surface area contributed by atoms with Gasteiger partial charge in [-0.05, 0) is 6.42 Å². The largest absolute Gasteiger partial charge is 0.399 e. The van der Waals surface area contributed by atoms with Crippen molar-refractivity contribution in [3.8, 4) is 0 Å². The molecule has 0 atom stereocenters. The van der Waals surface area contributed by atoms with E-state index in [1.54, 1.807) is 0 Å². The maximum absolute atomic E-state index is 4.64. The molecule has 3 nitrogen and oxygen atoms in total. The monoisotopic (exact) mass is 114 g/mol. The van der Waals surface area contributed by atoms with E-state index in [0.29, 0.717) is 0 Å². The molecule has 0 aromatic heterocycles. The van der Waals surface area contributed by atoms with Crippen LogP contribution in [0.1, 0.15) is 13.3 Å². The van der Waals surface area contributed by atoms with Gasteiger partial charge in [0.25, 0.3) is 0 Å². The molecule has 0 unspecified atom stereocenters. The van der Waals surface area contributed by atoms with Gasteiger partial charge >= 0.3 is 0 Å². The second kappa shape index (κ2) is 4.33. The van der Waals surface area contributed by atoms with Crippen LogP contribution in [0, 0.1) is 0 Å². The van der Waals surface area contributed by atoms with E-state index in [1.807, 2.05) is 6.92 Å². The molecular formula is C5H10N2O. The third kappa shape index (κ3) is 3.36. The van der Waals surface area contributed by atoms with Gasteiger partial charge in [0, 0.05) is 5.70 Å². The van der Waals surface area contributed by atoms with Crippen LogP contribution < -0.4 is 5.90 Å². The number of nitrogens with zero attached hydrogens (tertiary/aromatic N) is 1. The van der Waals surface area contributed by atoms with E-state index in [-0.39, 0.29) is 0 Å². The second-order valence-electron chi connectivity index (χ2n) is 1.29. The van der Waals surface area contributed by atoms with Crippen molar-refractivity contribution in [3.05, 3.63) is 12.3 Å². The molecule has 0 fully saturated rings. The Morgan fingerprint density at radius 3 is 3.00 bits per heavy atom. The van der Waals surface area contributed by atoms with E-state index in [2.05, 4.69) is 22.3 Å². The number of hydrogen-bond acceptors (Lipinski definition) is 3. The number of nitrogens with two attached hydrogens (primary N) is 1. The lowest BCUT2D eigenvalue weighted by Gasteiger charge is -1.88. The average Bonchev–Trinajstić information content (AvgIpc) is 1.83. The summed E-state index contributed by atoms with van der Waals surface area (Å²) < 4.78 is 0. The summed E-state index contributed by atoms with van der Waals surface area (Å²) in [6.45, 7) is 5.53. The third-order valence-electron chi connectivity index (χ3n) is 0.704. The summed E-state index contributed by atoms with van der Waals surface area (Å²) in [5.74, 6) is 4.64. The molecule has 0 aliphatic carbocycles. The molecule has 0 saturated carbocycles. The van der Waals surface area contributed by atoms with Crippen molar-refractivity contribution in [2.45, 2.75) is 13.3 Å². The van der Waals surface area contributed by atoms with Crippen molar-refractivity contribution >= 4 is 6.40 Å². The molecule has 0 amide bonds. The molecule has 0 aliphatic rings. The number of allylic oxidation sites excluding steroid dienone is 1. The van der Waals surface area contributed by atoms with Crippen LogP contribution in [-0.2, 0) is 4.84 Å². The summed E-state index contributed by atoms with van der Waals surface area (Å²) in [7, 11) is 0. The number of aliphatic imine (C=N–C) groups is 1. The summed E-state index contributed by atoms with van der Waals surface area (Å²) >= 11 is 0. The molecule has 0 radical (unpaired) electrons. The van der Waals surface area contributed by atoms with Gasteiger partial charge in [-0.3, -0.25) is 0 Å². The highest BCUT2D eigenvalue weighted by molar-refractivity contribution is 5.47. The fourth-order valence-electron chi connectivity index (χ4n) is 0.196. The fourth-order valence-corrected chi connectivity index (χ4v) is 0.196. The van der Waals surface area contributed by atoms with Crippen LogP contribution in [0.5, 0.6) is 0 Å². The molecule has 8 heavy (non-hydrogen) atoms. The maximum Gasteiger partial charge on any atom is 0.200 e. The highest BCUT2D eigenvalue weighted by Gasteiger charge is 1.78. The minimum Gasteiger partial charge on any atom is -0.399 e. The van der Waals surface area contributed by atoms with E-state index in [0.717, 1.165) is 18.5 Å². The normalized spacial score (nSPS) is 9.75. The van der Waals surface area contributed by atoms with Crippen molar-refractivity contribution in [2.75, 3.05) is 0 Å². The predicted molar refractivity (Wildman–Crippen MR) is 33.2 cm³/mol. The van der Waals surface area contributed by atoms with E-state index in [9.17, 15) is 0 Å². The zero-order chi connectivity index (χ0) is 6.41. The van der Waals surface area contributed by atoms with Crippen molar-refractivity contribution in [1.82, 2.24) is 0 Å². The van der Waals surface area contributed by atoms with Crippen LogP contribution in [0.3, 0.4) is 0 Å². The molecule has 0 heterocycles. The maximum atomic E-state index is 4.64. The van der Waals surface area contributed by atoms with Crippen LogP contribution in [0.15, 0.2) is 17.3 Å². The lowest BCUT2D eigenvalue weighted by molar-refractivity contribution is 0.337. The molecule has 2 N–H and O–H groups in total. The highest BCUT2D eigenvalue weighted by Crippen LogP contribution is 1.94. The Kier molecular flexibility index (Phi) is 3.88. The van der Waals surface area contributed by atoms with Crippen molar-refractivity contribution in [3.63, 3.8) is 0 Å². The molecule has 46 valence electrons. The van der Waals surface area contributed by atoms with Crippen LogP contribution in [0.4, 0.5) is 0 Å². The quantitative estimate of drug-likeness (QED) is 0.335. The fraction of sp³-hybridized carbons (Fsp3) is 0.400. The van der Waals surface area contributed by atoms with Crippen LogP contribution in [-0.4, -0.2) is 6.40 Å². The lowest BCUT2D eigenvalue weighted by Crippen LogP contribution is -1.94. The first-order valence-electron chi connectivity index (χ1n) is 2.37. The molecule has 0 rings (SSSR count). The summed E-state index contributed by atoms with van der Waals surface area (Å²) in [6, 6.07) is 0. The average molecular weight is 114 g/mol. The molecule has 0 aromatic rings. The van der Waals surface area contributed by atoms with Gasteiger partial charge in [-0.1, -0.05) is 13.5 Å². The van der Waals surface area contributed by atoms with Crippen molar-refractivity contribution < 1.29 is 4.84 Å². The van der Waals surface area contributed by atoms with Crippen molar-refractivity contribution in [2.24, 2.45) is 10.9 Å². The van der Waals surface area contributed by atoms with Crippen LogP contribution in [0.25, 0.3) is 0 Å². The Balaban J connectivity index is 3.37. The summed E-state index contributed by atoms with van der Waals surface area (Å²) in [4.78, 5) is 7.76. The second-order valence-corrected chi connectivity index (χ2v) is 1.29. The Bertz CT molecular complexity index is 98.6. The van der Waals surface area contributed by atoms with Gasteiger partial charge in [0.1, 0.15) is 0 Å². The minimum absolute atomic E-state index is 0.760. The summed E-state index contributed by atoms with van der Waals surface area (Å²) in [6.07, 6.45) is 1.98. The van der Waals surface area contributed by atoms with Gasteiger partial charge in [-0.15, -0.1) is 0 Å². The molecule has 0 spiro atoms. The zero-order valence-electron chi connectivity index (χ0n) is 4.92. The van der Waals surface area contributed by atoms with Gasteiger partial charge in [0.15, 0.2) is 0 Å². The molecule has 0 aliphatic heterocycles. The first-order chi connectivity index (χ1) is 3.81. The van der Waals surface area contributed by atoms with Crippen LogP contribution >= 0.6 is 0 Å². The van der Waals surface area contributed by atoms with E-state index in [4.69, 9.17) is 0 Å². The van der Waals surface area contributed by atoms with E-state index in [1.165, 1.54) is 0 Å². The number of rotatable bonds is 3. The third-order valence-corrected chi connectivity index (χ3v) is 0.704. The lowest BCUT2D eigenvalue weighted by atomic mass is 10.4. The molecule has 3 heteroatoms. The van der Waals surface area contributed by atoms with Gasteiger partial charge in [-0.25, -0.2) is 4.99 Å². The van der Waals surface area contributed by atoms with Crippen LogP contribution in [0.2, 0.25) is 0 Å². The zero-order valence-corrected chi connectivity index (χ0v) is 4.92. The van der Waals surface area contributed by atoms with Crippen molar-refractivity contribution in [1.29, 1.82) is 0 Å². The van der Waals surface area contributed by atoms with E-state index >= 15 is 0 Å². The SMILES string of the molecule is C=C(CC)N=CON. The first-order valence-corrected chi connectivity index (χ1v) is 2.37. The van der Waals surface area contributed by atoms with Gasteiger partial charge in [0.05, 0.1) is 0 Å². The molecule has 0 bridgehead atoms. The van der Waals surface area contributed by atoms with Gasteiger partial charge in [-0.2, -0.15) is 5.90 Å². The number of hydrogen-bond donors (Lipinski definition) is 1. The Morgan fingerprint density at radius 2 is 2.62 bits per heavy atom. The summed E-state index contributed by atoms with van der Waals surface area (Å²) in [5, 5.41) is 0. The minimum atomic E-state index is 0.760. The van der Waals surface area contributed by atoms with E-state index < -0.39 is 0 Å². The standard InChI is InChI=1S/C5H10N2O/c1-3-5(2)7-4-8-6/h4H,2-3,6H2,1H3. The predicted octanol–water partition coefficient (Wildman–Crippen LogP) is 0.829. The molecule has 0 saturated heterocycles. The molecule has 0 aromatic carbocycles. The Labute approximate surface area is 48.8 Å². The highest BCUT2D eigenvalue weighted by atomic mass is 16.6. The molecular weight excluding hydrogens is 104 g/mol. The topological polar surface area (TPSA) is 47.6 Å². The summed E-state index contributed by atoms with van der Waals surface area (Å²) in [5.41, 5.74) is 0.760. The van der Waals surface area contributed by atoms with Gasteiger partial charge in [0.2, 0.25) is 6.40 Å².